The van der Waals surface area contributed by atoms with Gasteiger partial charge in [-0.25, -0.2) is 17.5 Å². The first-order valence-corrected chi connectivity index (χ1v) is 11.4. The van der Waals surface area contributed by atoms with E-state index < -0.39 is 27.3 Å². The second-order valence-corrected chi connectivity index (χ2v) is 9.30. The zero-order valence-corrected chi connectivity index (χ0v) is 18.0. The Balaban J connectivity index is 1.75. The summed E-state index contributed by atoms with van der Waals surface area (Å²) in [5.41, 5.74) is 0.136. The molecule has 3 rings (SSSR count). The Bertz CT molecular complexity index is 1090. The SMILES string of the molecule is CS(=O)(=O)NC(=O)c1cc(Cl)c(OCC2CCC(=O)N2c2ccc(Cl)cc2)cc1F. The summed E-state index contributed by atoms with van der Waals surface area (Å²) in [7, 11) is -3.86. The molecule has 1 atom stereocenters. The molecule has 0 aromatic heterocycles. The molecule has 30 heavy (non-hydrogen) atoms. The van der Waals surface area contributed by atoms with E-state index >= 15 is 0 Å². The molecule has 0 aliphatic carbocycles. The third-order valence-electron chi connectivity index (χ3n) is 4.41. The lowest BCUT2D eigenvalue weighted by molar-refractivity contribution is -0.117. The highest BCUT2D eigenvalue weighted by Gasteiger charge is 2.33. The fourth-order valence-electron chi connectivity index (χ4n) is 3.08. The van der Waals surface area contributed by atoms with E-state index in [0.29, 0.717) is 23.6 Å². The van der Waals surface area contributed by atoms with Crippen LogP contribution < -0.4 is 14.4 Å². The van der Waals surface area contributed by atoms with Gasteiger partial charge in [0.15, 0.2) is 0 Å². The van der Waals surface area contributed by atoms with E-state index in [2.05, 4.69) is 0 Å². The number of sulfonamides is 1. The van der Waals surface area contributed by atoms with Crippen LogP contribution >= 0.6 is 23.2 Å². The average molecular weight is 475 g/mol. The lowest BCUT2D eigenvalue weighted by Crippen LogP contribution is -2.37. The second-order valence-electron chi connectivity index (χ2n) is 6.71. The summed E-state index contributed by atoms with van der Waals surface area (Å²) in [5.74, 6) is -2.23. The van der Waals surface area contributed by atoms with Crippen LogP contribution in [-0.2, 0) is 14.8 Å². The number of carbonyl (C=O) groups excluding carboxylic acids is 2. The molecule has 1 aliphatic heterocycles. The number of amides is 2. The Labute approximate surface area is 182 Å². The highest BCUT2D eigenvalue weighted by molar-refractivity contribution is 7.89. The van der Waals surface area contributed by atoms with Crippen LogP contribution in [-0.4, -0.2) is 39.1 Å². The van der Waals surface area contributed by atoms with Crippen LogP contribution in [0, 0.1) is 5.82 Å². The summed E-state index contributed by atoms with van der Waals surface area (Å²) in [6.07, 6.45) is 1.65. The van der Waals surface area contributed by atoms with Gasteiger partial charge in [0.25, 0.3) is 5.91 Å². The third-order valence-corrected chi connectivity index (χ3v) is 5.51. The van der Waals surface area contributed by atoms with Crippen molar-refractivity contribution in [2.24, 2.45) is 0 Å². The van der Waals surface area contributed by atoms with Gasteiger partial charge in [0.05, 0.1) is 22.9 Å². The maximum absolute atomic E-state index is 14.3. The summed E-state index contributed by atoms with van der Waals surface area (Å²) in [6.45, 7) is 0.0441. The smallest absolute Gasteiger partial charge is 0.267 e. The number of nitrogens with one attached hydrogen (secondary N) is 1. The average Bonchev–Trinajstić information content (AvgIpc) is 3.02. The van der Waals surface area contributed by atoms with E-state index in [9.17, 15) is 22.4 Å². The minimum absolute atomic E-state index is 0.0273. The van der Waals surface area contributed by atoms with Gasteiger partial charge in [-0.3, -0.25) is 9.59 Å². The standard InChI is InChI=1S/C19H17Cl2FN2O5S/c1-30(27,28)23-19(26)14-8-15(21)17(9-16(14)22)29-10-13-6-7-18(25)24(13)12-4-2-11(20)3-5-12/h2-5,8-9,13H,6-7,10H2,1H3,(H,23,26). The molecule has 1 aliphatic rings. The van der Waals surface area contributed by atoms with Crippen molar-refractivity contribution in [3.8, 4) is 5.75 Å². The molecule has 1 unspecified atom stereocenters. The molecule has 0 radical (unpaired) electrons. The highest BCUT2D eigenvalue weighted by Crippen LogP contribution is 2.31. The van der Waals surface area contributed by atoms with Crippen molar-refractivity contribution < 1.29 is 27.1 Å². The van der Waals surface area contributed by atoms with Gasteiger partial charge in [-0.2, -0.15) is 0 Å². The quantitative estimate of drug-likeness (QED) is 0.692. The first-order valence-electron chi connectivity index (χ1n) is 8.77. The Hall–Kier alpha value is -2.36. The number of benzene rings is 2. The number of hydrogen-bond donors (Lipinski definition) is 1. The molecule has 1 N–H and O–H groups in total. The van der Waals surface area contributed by atoms with E-state index in [4.69, 9.17) is 27.9 Å². The second kappa shape index (κ2) is 8.79. The largest absolute Gasteiger partial charge is 0.490 e. The van der Waals surface area contributed by atoms with Crippen molar-refractivity contribution >= 4 is 50.7 Å². The number of rotatable bonds is 6. The van der Waals surface area contributed by atoms with E-state index in [1.807, 2.05) is 0 Å². The van der Waals surface area contributed by atoms with Gasteiger partial charge < -0.3 is 9.64 Å². The van der Waals surface area contributed by atoms with E-state index in [1.165, 1.54) is 0 Å². The zero-order chi connectivity index (χ0) is 22.1. The van der Waals surface area contributed by atoms with Gasteiger partial charge in [0.1, 0.15) is 18.2 Å². The van der Waals surface area contributed by atoms with Crippen molar-refractivity contribution in [1.29, 1.82) is 0 Å². The van der Waals surface area contributed by atoms with Gasteiger partial charge in [-0.15, -0.1) is 0 Å². The topological polar surface area (TPSA) is 92.8 Å². The molecule has 7 nitrogen and oxygen atoms in total. The molecule has 2 amide bonds. The summed E-state index contributed by atoms with van der Waals surface area (Å²) < 4.78 is 44.0. The lowest BCUT2D eigenvalue weighted by Gasteiger charge is -2.25. The first kappa shape index (κ1) is 22.3. The van der Waals surface area contributed by atoms with Gasteiger partial charge >= 0.3 is 0 Å². The number of carbonyl (C=O) groups is 2. The van der Waals surface area contributed by atoms with Gasteiger partial charge in [-0.05, 0) is 36.8 Å². The number of ether oxygens (including phenoxy) is 1. The minimum Gasteiger partial charge on any atom is -0.490 e. The third kappa shape index (κ3) is 5.21. The predicted octanol–water partition coefficient (Wildman–Crippen LogP) is 3.40. The summed E-state index contributed by atoms with van der Waals surface area (Å²) in [5, 5.41) is 0.470. The molecule has 11 heteroatoms. The molecule has 2 aromatic rings. The molecule has 1 heterocycles. The Kier molecular flexibility index (Phi) is 6.54. The molecular formula is C19H17Cl2FN2O5S. The number of hydrogen-bond acceptors (Lipinski definition) is 5. The molecule has 2 aromatic carbocycles. The number of halogens is 3. The maximum Gasteiger partial charge on any atom is 0.267 e. The van der Waals surface area contributed by atoms with Crippen molar-refractivity contribution in [3.05, 3.63) is 57.8 Å². The van der Waals surface area contributed by atoms with Crippen LogP contribution in [0.15, 0.2) is 36.4 Å². The highest BCUT2D eigenvalue weighted by atomic mass is 35.5. The normalized spacial score (nSPS) is 16.6. The fourth-order valence-corrected chi connectivity index (χ4v) is 3.87. The summed E-state index contributed by atoms with van der Waals surface area (Å²) in [4.78, 5) is 25.8. The summed E-state index contributed by atoms with van der Waals surface area (Å²) >= 11 is 12.0. The van der Waals surface area contributed by atoms with E-state index in [1.54, 1.807) is 33.9 Å². The Morgan fingerprint density at radius 3 is 2.57 bits per heavy atom. The molecule has 0 bridgehead atoms. The molecule has 160 valence electrons. The van der Waals surface area contributed by atoms with Crippen molar-refractivity contribution in [2.45, 2.75) is 18.9 Å². The molecule has 1 saturated heterocycles. The predicted molar refractivity (Wildman–Crippen MR) is 111 cm³/mol. The Morgan fingerprint density at radius 1 is 1.27 bits per heavy atom. The van der Waals surface area contributed by atoms with Crippen molar-refractivity contribution in [3.63, 3.8) is 0 Å². The van der Waals surface area contributed by atoms with Crippen molar-refractivity contribution in [2.75, 3.05) is 17.8 Å². The first-order chi connectivity index (χ1) is 14.0. The van der Waals surface area contributed by atoms with Crippen LogP contribution in [0.3, 0.4) is 0 Å². The number of anilines is 1. The lowest BCUT2D eigenvalue weighted by atomic mass is 10.2. The van der Waals surface area contributed by atoms with Gasteiger partial charge in [0, 0.05) is 23.2 Å². The molecule has 1 fully saturated rings. The fraction of sp³-hybridized carbons (Fsp3) is 0.263. The molecule has 0 saturated carbocycles. The summed E-state index contributed by atoms with van der Waals surface area (Å²) in [6, 6.07) is 8.39. The van der Waals surface area contributed by atoms with E-state index in [0.717, 1.165) is 18.4 Å². The van der Waals surface area contributed by atoms with Crippen LogP contribution in [0.5, 0.6) is 5.75 Å². The van der Waals surface area contributed by atoms with Crippen molar-refractivity contribution in [1.82, 2.24) is 4.72 Å². The molecular weight excluding hydrogens is 458 g/mol. The maximum atomic E-state index is 14.3. The van der Waals surface area contributed by atoms with Gasteiger partial charge in [0.2, 0.25) is 15.9 Å². The Morgan fingerprint density at radius 2 is 1.93 bits per heavy atom. The number of nitrogens with zero attached hydrogens (tertiary/aromatic N) is 1. The van der Waals surface area contributed by atoms with Crippen LogP contribution in [0.2, 0.25) is 10.0 Å². The van der Waals surface area contributed by atoms with Crippen LogP contribution in [0.25, 0.3) is 0 Å². The van der Waals surface area contributed by atoms with Crippen LogP contribution in [0.4, 0.5) is 10.1 Å². The van der Waals surface area contributed by atoms with Crippen LogP contribution in [0.1, 0.15) is 23.2 Å². The monoisotopic (exact) mass is 474 g/mol. The molecule has 0 spiro atoms. The van der Waals surface area contributed by atoms with Gasteiger partial charge in [-0.1, -0.05) is 23.2 Å². The van der Waals surface area contributed by atoms with E-state index in [-0.39, 0.29) is 29.3 Å². The minimum atomic E-state index is -3.86. The zero-order valence-electron chi connectivity index (χ0n) is 15.7.